The number of carbonyl (C=O) groups excluding carboxylic acids is 2. The van der Waals surface area contributed by atoms with Crippen LogP contribution in [0, 0.1) is 5.82 Å². The number of sulfone groups is 1. The van der Waals surface area contributed by atoms with E-state index in [1.807, 2.05) is 0 Å². The normalized spacial score (nSPS) is 14.5. The number of halogens is 1. The van der Waals surface area contributed by atoms with Crippen molar-refractivity contribution in [1.29, 1.82) is 0 Å². The molecule has 0 aromatic heterocycles. The van der Waals surface area contributed by atoms with Gasteiger partial charge in [-0.25, -0.2) is 12.8 Å². The predicted molar refractivity (Wildman–Crippen MR) is 96.9 cm³/mol. The quantitative estimate of drug-likeness (QED) is 0.813. The lowest BCUT2D eigenvalue weighted by molar-refractivity contribution is -0.118. The summed E-state index contributed by atoms with van der Waals surface area (Å²) >= 11 is 0. The molecule has 1 aliphatic heterocycles. The molecule has 1 aliphatic rings. The van der Waals surface area contributed by atoms with Crippen LogP contribution in [0.2, 0.25) is 0 Å². The standard InChI is InChI=1S/C18H17FN2O5S/c1-11(8-17(22)20-13-4-2-12(19)3-5-13)27(24,25)14-6-7-16-15(9-14)21-18(23)10-26-16/h2-7,9,11H,8,10H2,1H3,(H,20,22)(H,21,23)/t11-/m0/s1. The molecule has 0 spiro atoms. The van der Waals surface area contributed by atoms with Crippen LogP contribution in [0.5, 0.6) is 5.75 Å². The zero-order chi connectivity index (χ0) is 19.6. The van der Waals surface area contributed by atoms with E-state index in [4.69, 9.17) is 4.74 Å². The highest BCUT2D eigenvalue weighted by Crippen LogP contribution is 2.31. The fraction of sp³-hybridized carbons (Fsp3) is 0.222. The lowest BCUT2D eigenvalue weighted by Crippen LogP contribution is -2.27. The van der Waals surface area contributed by atoms with Gasteiger partial charge in [0, 0.05) is 12.1 Å². The summed E-state index contributed by atoms with van der Waals surface area (Å²) in [6, 6.07) is 9.32. The lowest BCUT2D eigenvalue weighted by Gasteiger charge is -2.19. The highest BCUT2D eigenvalue weighted by Gasteiger charge is 2.27. The van der Waals surface area contributed by atoms with Crippen molar-refractivity contribution in [1.82, 2.24) is 0 Å². The van der Waals surface area contributed by atoms with Crippen LogP contribution >= 0.6 is 0 Å². The van der Waals surface area contributed by atoms with Crippen molar-refractivity contribution in [2.75, 3.05) is 17.2 Å². The molecule has 1 atom stereocenters. The summed E-state index contributed by atoms with van der Waals surface area (Å²) in [5, 5.41) is 4.08. The fourth-order valence-electron chi connectivity index (χ4n) is 2.59. The topological polar surface area (TPSA) is 102 Å². The van der Waals surface area contributed by atoms with E-state index < -0.39 is 26.8 Å². The zero-order valence-electron chi connectivity index (χ0n) is 14.4. The van der Waals surface area contributed by atoms with E-state index in [0.29, 0.717) is 11.4 Å². The van der Waals surface area contributed by atoms with Crippen LogP contribution in [-0.4, -0.2) is 32.1 Å². The van der Waals surface area contributed by atoms with E-state index in [2.05, 4.69) is 10.6 Å². The first-order chi connectivity index (χ1) is 12.8. The number of hydrogen-bond acceptors (Lipinski definition) is 5. The Kier molecular flexibility index (Phi) is 5.13. The highest BCUT2D eigenvalue weighted by molar-refractivity contribution is 7.92. The number of hydrogen-bond donors (Lipinski definition) is 2. The Morgan fingerprint density at radius 1 is 1.26 bits per heavy atom. The van der Waals surface area contributed by atoms with E-state index in [1.54, 1.807) is 0 Å². The summed E-state index contributed by atoms with van der Waals surface area (Å²) in [6.07, 6.45) is -0.278. The van der Waals surface area contributed by atoms with Gasteiger partial charge in [-0.1, -0.05) is 0 Å². The summed E-state index contributed by atoms with van der Waals surface area (Å²) in [7, 11) is -3.81. The molecule has 9 heteroatoms. The van der Waals surface area contributed by atoms with Crippen LogP contribution in [0.15, 0.2) is 47.4 Å². The van der Waals surface area contributed by atoms with E-state index in [9.17, 15) is 22.4 Å². The van der Waals surface area contributed by atoms with Crippen molar-refractivity contribution in [3.8, 4) is 5.75 Å². The fourth-order valence-corrected chi connectivity index (χ4v) is 3.96. The molecule has 0 aliphatic carbocycles. The Morgan fingerprint density at radius 3 is 2.67 bits per heavy atom. The second kappa shape index (κ2) is 7.36. The Hall–Kier alpha value is -2.94. The first kappa shape index (κ1) is 18.8. The van der Waals surface area contributed by atoms with Gasteiger partial charge < -0.3 is 15.4 Å². The van der Waals surface area contributed by atoms with Crippen LogP contribution < -0.4 is 15.4 Å². The maximum Gasteiger partial charge on any atom is 0.262 e. The number of anilines is 2. The number of amides is 2. The van der Waals surface area contributed by atoms with Gasteiger partial charge in [-0.2, -0.15) is 0 Å². The average molecular weight is 392 g/mol. The maximum atomic E-state index is 12.9. The summed E-state index contributed by atoms with van der Waals surface area (Å²) in [6.45, 7) is 1.30. The van der Waals surface area contributed by atoms with Crippen molar-refractivity contribution in [2.24, 2.45) is 0 Å². The first-order valence-corrected chi connectivity index (χ1v) is 9.66. The summed E-state index contributed by atoms with van der Waals surface area (Å²) in [4.78, 5) is 23.5. The highest BCUT2D eigenvalue weighted by atomic mass is 32.2. The van der Waals surface area contributed by atoms with Crippen molar-refractivity contribution in [3.05, 3.63) is 48.3 Å². The van der Waals surface area contributed by atoms with Gasteiger partial charge in [0.15, 0.2) is 16.4 Å². The predicted octanol–water partition coefficient (Wildman–Crippen LogP) is 2.35. The van der Waals surface area contributed by atoms with Gasteiger partial charge in [0.05, 0.1) is 15.8 Å². The van der Waals surface area contributed by atoms with Crippen LogP contribution in [0.4, 0.5) is 15.8 Å². The minimum absolute atomic E-state index is 0.0193. The second-order valence-electron chi connectivity index (χ2n) is 6.11. The Bertz CT molecular complexity index is 989. The Morgan fingerprint density at radius 2 is 1.96 bits per heavy atom. The minimum atomic E-state index is -3.81. The van der Waals surface area contributed by atoms with Crippen LogP contribution in [0.25, 0.3) is 0 Å². The second-order valence-corrected chi connectivity index (χ2v) is 8.48. The van der Waals surface area contributed by atoms with Crippen molar-refractivity contribution >= 4 is 33.0 Å². The Balaban J connectivity index is 1.72. The van der Waals surface area contributed by atoms with E-state index >= 15 is 0 Å². The minimum Gasteiger partial charge on any atom is -0.482 e. The van der Waals surface area contributed by atoms with Gasteiger partial charge in [0.2, 0.25) is 5.91 Å². The summed E-state index contributed by atoms with van der Waals surface area (Å²) in [5.41, 5.74) is 0.648. The molecular weight excluding hydrogens is 375 g/mol. The molecule has 1 heterocycles. The lowest BCUT2D eigenvalue weighted by atomic mass is 10.2. The maximum absolute atomic E-state index is 12.9. The molecule has 142 valence electrons. The molecule has 0 fully saturated rings. The number of fused-ring (bicyclic) bond motifs is 1. The van der Waals surface area contributed by atoms with Gasteiger partial charge >= 0.3 is 0 Å². The first-order valence-electron chi connectivity index (χ1n) is 8.12. The number of carbonyl (C=O) groups is 2. The monoisotopic (exact) mass is 392 g/mol. The van der Waals surface area contributed by atoms with E-state index in [-0.39, 0.29) is 29.5 Å². The molecule has 0 radical (unpaired) electrons. The molecule has 3 rings (SSSR count). The number of nitrogens with one attached hydrogen (secondary N) is 2. The smallest absolute Gasteiger partial charge is 0.262 e. The molecule has 2 aromatic rings. The molecule has 27 heavy (non-hydrogen) atoms. The molecular formula is C18H17FN2O5S. The SMILES string of the molecule is C[C@@H](CC(=O)Nc1ccc(F)cc1)S(=O)(=O)c1ccc2c(c1)NC(=O)CO2. The van der Waals surface area contributed by atoms with Crippen molar-refractivity contribution in [3.63, 3.8) is 0 Å². The van der Waals surface area contributed by atoms with E-state index in [1.165, 1.54) is 49.4 Å². The van der Waals surface area contributed by atoms with Gasteiger partial charge in [-0.3, -0.25) is 9.59 Å². The van der Waals surface area contributed by atoms with Gasteiger partial charge in [0.1, 0.15) is 11.6 Å². The Labute approximate surface area is 155 Å². The number of ether oxygens (including phenoxy) is 1. The third-order valence-electron chi connectivity index (χ3n) is 4.04. The molecule has 0 saturated heterocycles. The molecule has 2 amide bonds. The molecule has 2 N–H and O–H groups in total. The van der Waals surface area contributed by atoms with Crippen LogP contribution in [0.3, 0.4) is 0 Å². The molecule has 0 saturated carbocycles. The van der Waals surface area contributed by atoms with Crippen LogP contribution in [-0.2, 0) is 19.4 Å². The molecule has 2 aromatic carbocycles. The molecule has 0 bridgehead atoms. The van der Waals surface area contributed by atoms with Crippen LogP contribution in [0.1, 0.15) is 13.3 Å². The molecule has 0 unspecified atom stereocenters. The average Bonchev–Trinajstić information content (AvgIpc) is 2.62. The largest absolute Gasteiger partial charge is 0.482 e. The van der Waals surface area contributed by atoms with Crippen molar-refractivity contribution < 1.29 is 27.1 Å². The third-order valence-corrected chi connectivity index (χ3v) is 6.18. The number of benzene rings is 2. The molecule has 7 nitrogen and oxygen atoms in total. The van der Waals surface area contributed by atoms with Crippen molar-refractivity contribution in [2.45, 2.75) is 23.5 Å². The summed E-state index contributed by atoms with van der Waals surface area (Å²) in [5.74, 6) is -0.932. The van der Waals surface area contributed by atoms with E-state index in [0.717, 1.165) is 0 Å². The van der Waals surface area contributed by atoms with Gasteiger partial charge in [-0.15, -0.1) is 0 Å². The van der Waals surface area contributed by atoms with Gasteiger partial charge in [0.25, 0.3) is 5.91 Å². The third kappa shape index (κ3) is 4.25. The summed E-state index contributed by atoms with van der Waals surface area (Å²) < 4.78 is 43.6. The van der Waals surface area contributed by atoms with Gasteiger partial charge in [-0.05, 0) is 49.4 Å². The zero-order valence-corrected chi connectivity index (χ0v) is 15.2. The number of rotatable bonds is 5.